The summed E-state index contributed by atoms with van der Waals surface area (Å²) in [5, 5.41) is 0. The molecule has 1 heterocycles. The SMILES string of the molecule is [B][C@@H]1O[C@H](COC)C(OC)[C@@H]1OCC(CN)OC. The summed E-state index contributed by atoms with van der Waals surface area (Å²) in [7, 11) is 10.7. The predicted octanol–water partition coefficient (Wildman–Crippen LogP) is -1.10. The van der Waals surface area contributed by atoms with Gasteiger partial charge in [-0.2, -0.15) is 0 Å². The molecule has 7 heteroatoms. The molecule has 0 saturated carbocycles. The van der Waals surface area contributed by atoms with E-state index in [1.807, 2.05) is 0 Å². The minimum atomic E-state index is -0.537. The summed E-state index contributed by atoms with van der Waals surface area (Å²) < 4.78 is 26.8. The van der Waals surface area contributed by atoms with Crippen LogP contribution in [0.1, 0.15) is 0 Å². The van der Waals surface area contributed by atoms with E-state index >= 15 is 0 Å². The van der Waals surface area contributed by atoms with Crippen molar-refractivity contribution in [2.24, 2.45) is 5.73 Å². The van der Waals surface area contributed by atoms with Gasteiger partial charge in [-0.1, -0.05) is 0 Å². The van der Waals surface area contributed by atoms with Gasteiger partial charge in [-0.15, -0.1) is 0 Å². The number of ether oxygens (including phenoxy) is 5. The molecular formula is C11H22BNO5. The Kier molecular flexibility index (Phi) is 7.14. The minimum Gasteiger partial charge on any atom is -0.382 e. The highest BCUT2D eigenvalue weighted by Gasteiger charge is 2.43. The highest BCUT2D eigenvalue weighted by Crippen LogP contribution is 2.25. The smallest absolute Gasteiger partial charge is 0.113 e. The lowest BCUT2D eigenvalue weighted by Gasteiger charge is -2.24. The number of hydrogen-bond acceptors (Lipinski definition) is 6. The van der Waals surface area contributed by atoms with Crippen LogP contribution in [0.5, 0.6) is 0 Å². The minimum absolute atomic E-state index is 0.156. The maximum Gasteiger partial charge on any atom is 0.113 e. The van der Waals surface area contributed by atoms with Crippen molar-refractivity contribution in [3.05, 3.63) is 0 Å². The largest absolute Gasteiger partial charge is 0.382 e. The van der Waals surface area contributed by atoms with Gasteiger partial charge in [0.05, 0.1) is 19.3 Å². The topological polar surface area (TPSA) is 72.2 Å². The van der Waals surface area contributed by atoms with Crippen LogP contribution in [0.25, 0.3) is 0 Å². The van der Waals surface area contributed by atoms with Crippen LogP contribution in [0.15, 0.2) is 0 Å². The van der Waals surface area contributed by atoms with Crippen LogP contribution in [-0.2, 0) is 23.7 Å². The molecule has 1 saturated heterocycles. The summed E-state index contributed by atoms with van der Waals surface area (Å²) in [5.74, 6) is 0. The molecule has 104 valence electrons. The Hall–Kier alpha value is -0.175. The third-order valence-corrected chi connectivity index (χ3v) is 3.02. The van der Waals surface area contributed by atoms with Crippen LogP contribution in [0.2, 0.25) is 0 Å². The van der Waals surface area contributed by atoms with E-state index in [-0.39, 0.29) is 24.4 Å². The normalized spacial score (nSPS) is 33.8. The van der Waals surface area contributed by atoms with Crippen molar-refractivity contribution in [1.82, 2.24) is 0 Å². The molecule has 6 nitrogen and oxygen atoms in total. The molecule has 18 heavy (non-hydrogen) atoms. The first-order chi connectivity index (χ1) is 8.67. The summed E-state index contributed by atoms with van der Waals surface area (Å²) >= 11 is 0. The van der Waals surface area contributed by atoms with Gasteiger partial charge in [0.15, 0.2) is 0 Å². The molecule has 0 aromatic rings. The van der Waals surface area contributed by atoms with Gasteiger partial charge in [-0.05, 0) is 0 Å². The lowest BCUT2D eigenvalue weighted by molar-refractivity contribution is -0.0772. The van der Waals surface area contributed by atoms with Gasteiger partial charge in [-0.3, -0.25) is 0 Å². The zero-order chi connectivity index (χ0) is 13.5. The van der Waals surface area contributed by atoms with Crippen molar-refractivity contribution in [3.63, 3.8) is 0 Å². The third-order valence-electron chi connectivity index (χ3n) is 3.02. The quantitative estimate of drug-likeness (QED) is 0.558. The average molecular weight is 259 g/mol. The van der Waals surface area contributed by atoms with E-state index < -0.39 is 6.00 Å². The Balaban J connectivity index is 2.51. The lowest BCUT2D eigenvalue weighted by Crippen LogP contribution is -2.41. The molecular weight excluding hydrogens is 237 g/mol. The second-order valence-corrected chi connectivity index (χ2v) is 4.19. The molecule has 0 aromatic carbocycles. The third kappa shape index (κ3) is 3.91. The molecule has 0 aliphatic carbocycles. The zero-order valence-corrected chi connectivity index (χ0v) is 11.2. The van der Waals surface area contributed by atoms with Crippen LogP contribution in [0.4, 0.5) is 0 Å². The monoisotopic (exact) mass is 259 g/mol. The second kappa shape index (κ2) is 8.09. The Bertz CT molecular complexity index is 229. The van der Waals surface area contributed by atoms with Crippen molar-refractivity contribution >= 4 is 7.85 Å². The Labute approximate surface area is 109 Å². The molecule has 0 amide bonds. The van der Waals surface area contributed by atoms with Crippen molar-refractivity contribution in [2.75, 3.05) is 41.1 Å². The summed E-state index contributed by atoms with van der Waals surface area (Å²) in [6, 6.07) is -0.537. The molecule has 0 bridgehead atoms. The predicted molar refractivity (Wildman–Crippen MR) is 66.7 cm³/mol. The number of hydrogen-bond donors (Lipinski definition) is 1. The van der Waals surface area contributed by atoms with Gasteiger partial charge in [0, 0.05) is 33.9 Å². The standard InChI is InChI=1S/C11H22BNO5/c1-14-6-8-9(16-3)10(11(12)18-8)17-5-7(4-13)15-2/h7-11H,4-6,13H2,1-3H3/t7?,8-,9?,10+,11-/m1/s1. The Morgan fingerprint density at radius 1 is 1.28 bits per heavy atom. The fourth-order valence-corrected chi connectivity index (χ4v) is 1.98. The first-order valence-electron chi connectivity index (χ1n) is 5.95. The Morgan fingerprint density at radius 2 is 2.00 bits per heavy atom. The van der Waals surface area contributed by atoms with Crippen LogP contribution >= 0.6 is 0 Å². The van der Waals surface area contributed by atoms with Gasteiger partial charge in [0.1, 0.15) is 26.2 Å². The molecule has 0 spiro atoms. The maximum atomic E-state index is 5.88. The molecule has 1 aliphatic heterocycles. The first-order valence-corrected chi connectivity index (χ1v) is 5.95. The van der Waals surface area contributed by atoms with Crippen LogP contribution in [0, 0.1) is 0 Å². The summed E-state index contributed by atoms with van der Waals surface area (Å²) in [6.45, 7) is 1.16. The number of nitrogens with two attached hydrogens (primary N) is 1. The lowest BCUT2D eigenvalue weighted by atomic mass is 9.92. The fourth-order valence-electron chi connectivity index (χ4n) is 1.98. The van der Waals surface area contributed by atoms with Gasteiger partial charge < -0.3 is 29.4 Å². The molecule has 1 fully saturated rings. The van der Waals surface area contributed by atoms with Gasteiger partial charge >= 0.3 is 0 Å². The average Bonchev–Trinajstić information content (AvgIpc) is 2.67. The maximum absolute atomic E-state index is 5.88. The van der Waals surface area contributed by atoms with Crippen molar-refractivity contribution in [2.45, 2.75) is 30.4 Å². The van der Waals surface area contributed by atoms with Crippen LogP contribution < -0.4 is 5.73 Å². The zero-order valence-electron chi connectivity index (χ0n) is 11.2. The second-order valence-electron chi connectivity index (χ2n) is 4.19. The molecule has 1 aliphatic rings. The van der Waals surface area contributed by atoms with E-state index in [1.54, 1.807) is 21.3 Å². The summed E-state index contributed by atoms with van der Waals surface area (Å²) in [6.07, 6.45) is -0.982. The Morgan fingerprint density at radius 3 is 2.50 bits per heavy atom. The molecule has 1 rings (SSSR count). The van der Waals surface area contributed by atoms with E-state index in [0.29, 0.717) is 19.8 Å². The van der Waals surface area contributed by atoms with Crippen molar-refractivity contribution in [3.8, 4) is 0 Å². The van der Waals surface area contributed by atoms with Gasteiger partial charge in [-0.25, -0.2) is 0 Å². The van der Waals surface area contributed by atoms with Gasteiger partial charge in [0.2, 0.25) is 0 Å². The van der Waals surface area contributed by atoms with Crippen LogP contribution in [0.3, 0.4) is 0 Å². The van der Waals surface area contributed by atoms with E-state index in [9.17, 15) is 0 Å². The summed E-state index contributed by atoms with van der Waals surface area (Å²) in [5.41, 5.74) is 5.53. The highest BCUT2D eigenvalue weighted by atomic mass is 16.6. The highest BCUT2D eigenvalue weighted by molar-refractivity contribution is 6.11. The van der Waals surface area contributed by atoms with E-state index in [4.69, 9.17) is 37.3 Å². The van der Waals surface area contributed by atoms with E-state index in [0.717, 1.165) is 0 Å². The number of methoxy groups -OCH3 is 3. The van der Waals surface area contributed by atoms with E-state index in [2.05, 4.69) is 0 Å². The molecule has 2 unspecified atom stereocenters. The van der Waals surface area contributed by atoms with E-state index in [1.165, 1.54) is 0 Å². The molecule has 5 atom stereocenters. The molecule has 0 aromatic heterocycles. The van der Waals surface area contributed by atoms with Crippen molar-refractivity contribution in [1.29, 1.82) is 0 Å². The van der Waals surface area contributed by atoms with Crippen LogP contribution in [-0.4, -0.2) is 79.4 Å². The molecule has 2 radical (unpaired) electrons. The van der Waals surface area contributed by atoms with Gasteiger partial charge in [0.25, 0.3) is 0 Å². The first kappa shape index (κ1) is 15.9. The van der Waals surface area contributed by atoms with Crippen molar-refractivity contribution < 1.29 is 23.7 Å². The fraction of sp³-hybridized carbons (Fsp3) is 1.00. The number of rotatable bonds is 8. The molecule has 2 N–H and O–H groups in total. The summed E-state index contributed by atoms with van der Waals surface area (Å²) in [4.78, 5) is 0.